The molecule has 0 aromatic heterocycles. The van der Waals surface area contributed by atoms with Gasteiger partial charge in [0, 0.05) is 19.5 Å². The number of aliphatic carboxylic acids is 2. The molecular weight excluding hydrogens is 520 g/mol. The predicted octanol–water partition coefficient (Wildman–Crippen LogP) is 1.75. The van der Waals surface area contributed by atoms with E-state index in [1.165, 1.54) is 0 Å². The number of rotatable bonds is 12. The van der Waals surface area contributed by atoms with Gasteiger partial charge in [-0.1, -0.05) is 24.6 Å². The van der Waals surface area contributed by atoms with E-state index in [9.17, 15) is 29.4 Å². The first-order valence-electron chi connectivity index (χ1n) is 13.8. The molecule has 11 heteroatoms. The highest BCUT2D eigenvalue weighted by Crippen LogP contribution is 2.53. The fourth-order valence-electron chi connectivity index (χ4n) is 6.91. The number of para-hydroxylation sites is 1. The van der Waals surface area contributed by atoms with Gasteiger partial charge < -0.3 is 34.2 Å². The highest BCUT2D eigenvalue weighted by atomic mass is 16.5. The highest BCUT2D eigenvalue weighted by molar-refractivity contribution is 6.07. The minimum absolute atomic E-state index is 0.164. The molecule has 5 rings (SSSR count). The summed E-state index contributed by atoms with van der Waals surface area (Å²) in [5, 5.41) is 19.7. The summed E-state index contributed by atoms with van der Waals surface area (Å²) in [5.74, 6) is -3.54. The maximum Gasteiger partial charge on any atom is 0.309 e. The van der Waals surface area contributed by atoms with E-state index >= 15 is 0 Å². The number of carbonyl (C=O) groups excluding carboxylic acids is 2. The van der Waals surface area contributed by atoms with E-state index in [-0.39, 0.29) is 30.8 Å². The zero-order valence-electron chi connectivity index (χ0n) is 22.2. The van der Waals surface area contributed by atoms with Crippen molar-refractivity contribution in [2.75, 3.05) is 26.3 Å². The summed E-state index contributed by atoms with van der Waals surface area (Å²) in [5.41, 5.74) is -2.09. The van der Waals surface area contributed by atoms with Crippen LogP contribution in [0.25, 0.3) is 0 Å². The average molecular weight is 555 g/mol. The maximum atomic E-state index is 12.9. The van der Waals surface area contributed by atoms with Crippen LogP contribution in [0, 0.1) is 24.4 Å². The van der Waals surface area contributed by atoms with Crippen molar-refractivity contribution < 1.29 is 43.6 Å². The van der Waals surface area contributed by atoms with E-state index in [1.807, 2.05) is 30.3 Å². The number of benzene rings is 1. The largest absolute Gasteiger partial charge is 0.491 e. The summed E-state index contributed by atoms with van der Waals surface area (Å²) in [6.07, 6.45) is 9.24. The molecule has 2 N–H and O–H groups in total. The molecule has 214 valence electrons. The summed E-state index contributed by atoms with van der Waals surface area (Å²) < 4.78 is 16.7. The van der Waals surface area contributed by atoms with Gasteiger partial charge in [-0.3, -0.25) is 19.2 Å². The number of carbonyl (C=O) groups is 4. The van der Waals surface area contributed by atoms with Gasteiger partial charge in [-0.15, -0.1) is 0 Å². The van der Waals surface area contributed by atoms with Crippen molar-refractivity contribution in [3.63, 3.8) is 0 Å². The second-order valence-electron chi connectivity index (χ2n) is 11.0. The first-order chi connectivity index (χ1) is 19.3. The van der Waals surface area contributed by atoms with Crippen molar-refractivity contribution in [3.05, 3.63) is 30.3 Å². The third kappa shape index (κ3) is 4.85. The van der Waals surface area contributed by atoms with Gasteiger partial charge in [-0.2, -0.15) is 0 Å². The molecule has 2 aliphatic carbocycles. The van der Waals surface area contributed by atoms with E-state index in [0.717, 1.165) is 5.75 Å². The van der Waals surface area contributed by atoms with Crippen molar-refractivity contribution in [3.8, 4) is 18.3 Å². The van der Waals surface area contributed by atoms with Crippen LogP contribution in [0.4, 0.5) is 0 Å². The van der Waals surface area contributed by atoms with Gasteiger partial charge in [0.25, 0.3) is 0 Å². The Labute approximate surface area is 232 Å². The van der Waals surface area contributed by atoms with Crippen LogP contribution in [0.3, 0.4) is 0 Å². The van der Waals surface area contributed by atoms with Gasteiger partial charge >= 0.3 is 11.9 Å². The SMILES string of the molecule is C#COC1CCC2(C(=O)N2CCCN2C(=O)C23CCC(OCCOc2ccccc2)CC3C(=O)O)C(C(=O)O)C1. The zero-order valence-corrected chi connectivity index (χ0v) is 22.2. The molecule has 1 aromatic carbocycles. The molecule has 2 amide bonds. The number of nitrogens with zero attached hydrogens (tertiary/aromatic N) is 2. The molecule has 0 bridgehead atoms. The topological polar surface area (TPSA) is 142 Å². The molecule has 4 aliphatic rings. The van der Waals surface area contributed by atoms with Crippen LogP contribution in [-0.4, -0.2) is 93.4 Å². The van der Waals surface area contributed by atoms with Crippen molar-refractivity contribution in [2.24, 2.45) is 11.8 Å². The molecule has 2 heterocycles. The van der Waals surface area contributed by atoms with Crippen LogP contribution >= 0.6 is 0 Å². The van der Waals surface area contributed by atoms with Gasteiger partial charge in [0.2, 0.25) is 11.8 Å². The zero-order chi connectivity index (χ0) is 28.5. The van der Waals surface area contributed by atoms with Gasteiger partial charge in [0.05, 0.1) is 24.5 Å². The van der Waals surface area contributed by atoms with E-state index in [0.29, 0.717) is 58.4 Å². The molecular formula is C29H34N2O9. The molecule has 11 nitrogen and oxygen atoms in total. The van der Waals surface area contributed by atoms with Crippen molar-refractivity contribution in [1.29, 1.82) is 0 Å². The second kappa shape index (κ2) is 11.0. The first-order valence-corrected chi connectivity index (χ1v) is 13.8. The van der Waals surface area contributed by atoms with Crippen LogP contribution < -0.4 is 4.74 Å². The van der Waals surface area contributed by atoms with E-state index in [2.05, 4.69) is 6.11 Å². The number of amides is 2. The van der Waals surface area contributed by atoms with E-state index in [4.69, 9.17) is 20.6 Å². The normalized spacial score (nSPS) is 32.6. The number of ether oxygens (including phenoxy) is 3. The number of hydrogen-bond acceptors (Lipinski definition) is 7. The van der Waals surface area contributed by atoms with Gasteiger partial charge in [-0.25, -0.2) is 0 Å². The quantitative estimate of drug-likeness (QED) is 0.224. The summed E-state index contributed by atoms with van der Waals surface area (Å²) >= 11 is 0. The summed E-state index contributed by atoms with van der Waals surface area (Å²) in [4.78, 5) is 53.0. The lowest BCUT2D eigenvalue weighted by molar-refractivity contribution is -0.148. The lowest BCUT2D eigenvalue weighted by Crippen LogP contribution is -2.44. The molecule has 2 aliphatic heterocycles. The van der Waals surface area contributed by atoms with Crippen LogP contribution in [0.1, 0.15) is 44.9 Å². The molecule has 2 saturated carbocycles. The van der Waals surface area contributed by atoms with Crippen LogP contribution in [0.2, 0.25) is 0 Å². The van der Waals surface area contributed by atoms with Gasteiger partial charge in [0.15, 0.2) is 0 Å². The summed E-state index contributed by atoms with van der Waals surface area (Å²) in [7, 11) is 0. The monoisotopic (exact) mass is 554 g/mol. The lowest BCUT2D eigenvalue weighted by Gasteiger charge is -2.33. The van der Waals surface area contributed by atoms with Crippen molar-refractivity contribution >= 4 is 23.8 Å². The molecule has 4 fully saturated rings. The van der Waals surface area contributed by atoms with Crippen molar-refractivity contribution in [1.82, 2.24) is 9.80 Å². The molecule has 40 heavy (non-hydrogen) atoms. The van der Waals surface area contributed by atoms with Crippen LogP contribution in [0.15, 0.2) is 30.3 Å². The Morgan fingerprint density at radius 3 is 2.00 bits per heavy atom. The van der Waals surface area contributed by atoms with Gasteiger partial charge in [0.1, 0.15) is 35.6 Å². The Bertz CT molecular complexity index is 1200. The molecule has 6 atom stereocenters. The first kappa shape index (κ1) is 27.8. The van der Waals surface area contributed by atoms with E-state index in [1.54, 1.807) is 9.80 Å². The smallest absolute Gasteiger partial charge is 0.309 e. The summed E-state index contributed by atoms with van der Waals surface area (Å²) in [6, 6.07) is 9.34. The third-order valence-corrected chi connectivity index (χ3v) is 8.98. The van der Waals surface area contributed by atoms with Crippen LogP contribution in [0.5, 0.6) is 5.75 Å². The molecule has 0 radical (unpaired) electrons. The number of carboxylic acid groups (broad SMARTS) is 2. The maximum absolute atomic E-state index is 12.9. The van der Waals surface area contributed by atoms with E-state index < -0.39 is 41.0 Å². The minimum Gasteiger partial charge on any atom is -0.491 e. The molecule has 6 unspecified atom stereocenters. The molecule has 2 spiro atoms. The standard InChI is InChI=1S/C29H34N2O9/c1-2-38-20-9-11-28(22(17-20)24(32)33)26(36)30(28)13-6-14-31-27(37)29(31)12-10-21(18-23(29)25(34)35)40-16-15-39-19-7-4-3-5-8-19/h1,3-5,7-8,20-23H,6,9-18H2,(H,32,33)(H,34,35). The minimum atomic E-state index is -1.06. The fraction of sp³-hybridized carbons (Fsp3) is 0.586. The number of hydrogen-bond donors (Lipinski definition) is 2. The molecule has 2 saturated heterocycles. The van der Waals surface area contributed by atoms with Gasteiger partial charge in [-0.05, 0) is 50.7 Å². The van der Waals surface area contributed by atoms with Crippen molar-refractivity contribution in [2.45, 2.75) is 68.2 Å². The Morgan fingerprint density at radius 1 is 0.900 bits per heavy atom. The third-order valence-electron chi connectivity index (χ3n) is 8.98. The fourth-order valence-corrected chi connectivity index (χ4v) is 6.91. The Kier molecular flexibility index (Phi) is 7.64. The Morgan fingerprint density at radius 2 is 1.45 bits per heavy atom. The predicted molar refractivity (Wildman–Crippen MR) is 139 cm³/mol. The second-order valence-corrected chi connectivity index (χ2v) is 11.0. The number of terminal acetylenes is 1. The Hall–Kier alpha value is -3.78. The number of carboxylic acids is 2. The lowest BCUT2D eigenvalue weighted by atomic mass is 9.76. The Balaban J connectivity index is 1.11. The van der Waals surface area contributed by atoms with Crippen LogP contribution in [-0.2, 0) is 28.7 Å². The highest BCUT2D eigenvalue weighted by Gasteiger charge is 2.71. The average Bonchev–Trinajstić information content (AvgIpc) is 3.72. The molecule has 1 aromatic rings. The summed E-state index contributed by atoms with van der Waals surface area (Å²) in [6.45, 7) is 1.26.